The van der Waals surface area contributed by atoms with E-state index in [1.54, 1.807) is 0 Å². The van der Waals surface area contributed by atoms with Gasteiger partial charge in [0.25, 0.3) is 0 Å². The van der Waals surface area contributed by atoms with Crippen LogP contribution in [-0.4, -0.2) is 10.9 Å². The molecule has 0 amide bonds. The Morgan fingerprint density at radius 1 is 0.950 bits per heavy atom. The zero-order valence-electron chi connectivity index (χ0n) is 11.1. The molecule has 0 saturated carbocycles. The number of fused-ring (bicyclic) bond motifs is 1. The Labute approximate surface area is 123 Å². The van der Waals surface area contributed by atoms with Gasteiger partial charge in [-0.2, -0.15) is 0 Å². The number of rotatable bonds is 5. The maximum absolute atomic E-state index is 6.12. The van der Waals surface area contributed by atoms with Crippen molar-refractivity contribution in [2.75, 3.05) is 5.88 Å². The van der Waals surface area contributed by atoms with Crippen LogP contribution in [0.15, 0.2) is 54.7 Å². The SMILES string of the molecule is ClCCCc1ccccc1Oc1cccc2[nH]ccc12. The molecule has 0 saturated heterocycles. The quantitative estimate of drug-likeness (QED) is 0.646. The lowest BCUT2D eigenvalue weighted by Gasteiger charge is -2.11. The Morgan fingerprint density at radius 2 is 1.80 bits per heavy atom. The third-order valence-electron chi connectivity index (χ3n) is 3.33. The molecule has 20 heavy (non-hydrogen) atoms. The normalized spacial score (nSPS) is 10.8. The fraction of sp³-hybridized carbons (Fsp3) is 0.176. The summed E-state index contributed by atoms with van der Waals surface area (Å²) in [5, 5.41) is 1.10. The lowest BCUT2D eigenvalue weighted by Crippen LogP contribution is -1.93. The van der Waals surface area contributed by atoms with Gasteiger partial charge < -0.3 is 9.72 Å². The van der Waals surface area contributed by atoms with Crippen LogP contribution in [0, 0.1) is 0 Å². The topological polar surface area (TPSA) is 25.0 Å². The molecule has 3 rings (SSSR count). The zero-order chi connectivity index (χ0) is 13.8. The molecule has 0 aliphatic heterocycles. The van der Waals surface area contributed by atoms with E-state index >= 15 is 0 Å². The minimum absolute atomic E-state index is 0.668. The number of alkyl halides is 1. The average molecular weight is 286 g/mol. The number of hydrogen-bond acceptors (Lipinski definition) is 1. The van der Waals surface area contributed by atoms with Gasteiger partial charge in [0.15, 0.2) is 0 Å². The van der Waals surface area contributed by atoms with Gasteiger partial charge in [0.05, 0.1) is 0 Å². The molecule has 1 aromatic heterocycles. The molecule has 0 atom stereocenters. The number of aromatic amines is 1. The van der Waals surface area contributed by atoms with E-state index in [9.17, 15) is 0 Å². The van der Waals surface area contributed by atoms with E-state index in [2.05, 4.69) is 11.1 Å². The van der Waals surface area contributed by atoms with Gasteiger partial charge >= 0.3 is 0 Å². The third kappa shape index (κ3) is 2.66. The summed E-state index contributed by atoms with van der Waals surface area (Å²) >= 11 is 5.78. The van der Waals surface area contributed by atoms with Crippen molar-refractivity contribution in [3.63, 3.8) is 0 Å². The molecule has 1 heterocycles. The van der Waals surface area contributed by atoms with E-state index in [0.29, 0.717) is 5.88 Å². The van der Waals surface area contributed by atoms with Crippen molar-refractivity contribution in [2.24, 2.45) is 0 Å². The van der Waals surface area contributed by atoms with Crippen LogP contribution < -0.4 is 4.74 Å². The van der Waals surface area contributed by atoms with Crippen LogP contribution in [-0.2, 0) is 6.42 Å². The van der Waals surface area contributed by atoms with E-state index < -0.39 is 0 Å². The van der Waals surface area contributed by atoms with Gasteiger partial charge in [-0.25, -0.2) is 0 Å². The summed E-state index contributed by atoms with van der Waals surface area (Å²) in [7, 11) is 0. The standard InChI is InChI=1S/C17H16ClNO/c18-11-4-6-13-5-1-2-8-16(13)20-17-9-3-7-15-14(17)10-12-19-15/h1-3,5,7-10,12,19H,4,6,11H2. The van der Waals surface area contributed by atoms with Crippen LogP contribution >= 0.6 is 11.6 Å². The van der Waals surface area contributed by atoms with Crippen LogP contribution in [0.5, 0.6) is 11.5 Å². The number of aryl methyl sites for hydroxylation is 1. The summed E-state index contributed by atoms with van der Waals surface area (Å²) in [6.07, 6.45) is 3.82. The van der Waals surface area contributed by atoms with Crippen molar-refractivity contribution in [3.05, 3.63) is 60.3 Å². The van der Waals surface area contributed by atoms with Crippen LogP contribution in [0.3, 0.4) is 0 Å². The highest BCUT2D eigenvalue weighted by Gasteiger charge is 2.07. The Morgan fingerprint density at radius 3 is 2.70 bits per heavy atom. The molecule has 0 aliphatic rings. The minimum Gasteiger partial charge on any atom is -0.456 e. The Hall–Kier alpha value is -1.93. The van der Waals surface area contributed by atoms with Crippen molar-refractivity contribution in [2.45, 2.75) is 12.8 Å². The first-order chi connectivity index (χ1) is 9.88. The summed E-state index contributed by atoms with van der Waals surface area (Å²) in [5.41, 5.74) is 2.28. The molecule has 0 bridgehead atoms. The Kier molecular flexibility index (Phi) is 3.93. The number of hydrogen-bond donors (Lipinski definition) is 1. The number of ether oxygens (including phenoxy) is 1. The maximum atomic E-state index is 6.12. The van der Waals surface area contributed by atoms with Crippen molar-refractivity contribution in [3.8, 4) is 11.5 Å². The third-order valence-corrected chi connectivity index (χ3v) is 3.59. The number of nitrogens with one attached hydrogen (secondary N) is 1. The van der Waals surface area contributed by atoms with Gasteiger partial charge in [0, 0.05) is 23.0 Å². The van der Waals surface area contributed by atoms with Crippen LogP contribution in [0.25, 0.3) is 10.9 Å². The lowest BCUT2D eigenvalue weighted by molar-refractivity contribution is 0.481. The summed E-state index contributed by atoms with van der Waals surface area (Å²) in [4.78, 5) is 3.20. The molecule has 1 N–H and O–H groups in total. The van der Waals surface area contributed by atoms with Crippen molar-refractivity contribution in [1.29, 1.82) is 0 Å². The van der Waals surface area contributed by atoms with E-state index in [-0.39, 0.29) is 0 Å². The second-order valence-corrected chi connectivity index (χ2v) is 5.08. The fourth-order valence-electron chi connectivity index (χ4n) is 2.33. The molecule has 102 valence electrons. The van der Waals surface area contributed by atoms with E-state index in [4.69, 9.17) is 16.3 Å². The van der Waals surface area contributed by atoms with E-state index in [1.807, 2.05) is 48.7 Å². The van der Waals surface area contributed by atoms with Gasteiger partial charge in [-0.3, -0.25) is 0 Å². The highest BCUT2D eigenvalue weighted by molar-refractivity contribution is 6.17. The van der Waals surface area contributed by atoms with Crippen LogP contribution in [0.4, 0.5) is 0 Å². The van der Waals surface area contributed by atoms with Crippen LogP contribution in [0.1, 0.15) is 12.0 Å². The zero-order valence-corrected chi connectivity index (χ0v) is 11.9. The molecule has 0 fully saturated rings. The molecule has 2 aromatic carbocycles. The lowest BCUT2D eigenvalue weighted by atomic mass is 10.1. The number of H-pyrrole nitrogens is 1. The highest BCUT2D eigenvalue weighted by Crippen LogP contribution is 2.31. The average Bonchev–Trinajstić information content (AvgIpc) is 2.96. The molecule has 0 spiro atoms. The van der Waals surface area contributed by atoms with Crippen molar-refractivity contribution in [1.82, 2.24) is 4.98 Å². The van der Waals surface area contributed by atoms with E-state index in [0.717, 1.165) is 35.2 Å². The van der Waals surface area contributed by atoms with Gasteiger partial charge in [0.1, 0.15) is 11.5 Å². The fourth-order valence-corrected chi connectivity index (χ4v) is 2.46. The molecule has 0 radical (unpaired) electrons. The summed E-state index contributed by atoms with van der Waals surface area (Å²) < 4.78 is 6.12. The second-order valence-electron chi connectivity index (χ2n) is 4.70. The van der Waals surface area contributed by atoms with Gasteiger partial charge in [-0.05, 0) is 42.7 Å². The molecule has 0 unspecified atom stereocenters. The van der Waals surface area contributed by atoms with Crippen molar-refractivity contribution < 1.29 is 4.74 Å². The largest absolute Gasteiger partial charge is 0.456 e. The first kappa shape index (κ1) is 13.1. The predicted octanol–water partition coefficient (Wildman–Crippen LogP) is 5.13. The smallest absolute Gasteiger partial charge is 0.136 e. The molecule has 2 nitrogen and oxygen atoms in total. The number of benzene rings is 2. The first-order valence-electron chi connectivity index (χ1n) is 6.76. The second kappa shape index (κ2) is 6.02. The van der Waals surface area contributed by atoms with Gasteiger partial charge in [0.2, 0.25) is 0 Å². The van der Waals surface area contributed by atoms with Crippen LogP contribution in [0.2, 0.25) is 0 Å². The summed E-state index contributed by atoms with van der Waals surface area (Å²) in [6.45, 7) is 0. The highest BCUT2D eigenvalue weighted by atomic mass is 35.5. The molecule has 3 aromatic rings. The maximum Gasteiger partial charge on any atom is 0.136 e. The number of para-hydroxylation sites is 1. The predicted molar refractivity (Wildman–Crippen MR) is 83.9 cm³/mol. The first-order valence-corrected chi connectivity index (χ1v) is 7.30. The Balaban J connectivity index is 1.93. The van der Waals surface area contributed by atoms with Gasteiger partial charge in [-0.1, -0.05) is 24.3 Å². The monoisotopic (exact) mass is 285 g/mol. The molecule has 0 aliphatic carbocycles. The number of halogens is 1. The Bertz CT molecular complexity index is 705. The molecular weight excluding hydrogens is 270 g/mol. The number of aromatic nitrogens is 1. The minimum atomic E-state index is 0.668. The summed E-state index contributed by atoms with van der Waals surface area (Å²) in [6, 6.07) is 16.2. The van der Waals surface area contributed by atoms with Gasteiger partial charge in [-0.15, -0.1) is 11.6 Å². The van der Waals surface area contributed by atoms with Crippen molar-refractivity contribution >= 4 is 22.5 Å². The molecule has 3 heteroatoms. The summed E-state index contributed by atoms with van der Waals surface area (Å²) in [5.74, 6) is 2.45. The molecular formula is C17H16ClNO. The van der Waals surface area contributed by atoms with E-state index in [1.165, 1.54) is 5.56 Å².